The van der Waals surface area contributed by atoms with Crippen LogP contribution in [0.25, 0.3) is 10.8 Å². The summed E-state index contributed by atoms with van der Waals surface area (Å²) in [6.45, 7) is 0.551. The molecule has 5 nitrogen and oxygen atoms in total. The molecule has 20 heavy (non-hydrogen) atoms. The van der Waals surface area contributed by atoms with Crippen molar-refractivity contribution < 1.29 is 0 Å². The zero-order chi connectivity index (χ0) is 14.1. The molecule has 0 radical (unpaired) electrons. The number of benzene rings is 1. The van der Waals surface area contributed by atoms with Gasteiger partial charge in [-0.2, -0.15) is 5.10 Å². The van der Waals surface area contributed by atoms with E-state index < -0.39 is 0 Å². The molecule has 5 heteroatoms. The molecular weight excluding hydrogens is 252 g/mol. The summed E-state index contributed by atoms with van der Waals surface area (Å²) in [7, 11) is 1.89. The molecule has 0 aliphatic heterocycles. The lowest BCUT2D eigenvalue weighted by atomic mass is 10.1. The lowest BCUT2D eigenvalue weighted by Gasteiger charge is -2.11. The molecule has 0 atom stereocenters. The topological polar surface area (TPSA) is 65.8 Å². The van der Waals surface area contributed by atoms with Gasteiger partial charge in [-0.1, -0.05) is 18.2 Å². The first-order valence-corrected chi connectivity index (χ1v) is 6.52. The van der Waals surface area contributed by atoms with Crippen LogP contribution in [-0.2, 0) is 20.0 Å². The molecule has 3 rings (SSSR count). The van der Waals surface area contributed by atoms with Crippen LogP contribution in [0, 0.1) is 0 Å². The second-order valence-corrected chi connectivity index (χ2v) is 4.81. The molecule has 102 valence electrons. The third kappa shape index (κ3) is 2.07. The maximum atomic E-state index is 12.5. The third-order valence-corrected chi connectivity index (χ3v) is 3.57. The van der Waals surface area contributed by atoms with Gasteiger partial charge in [0.05, 0.1) is 0 Å². The van der Waals surface area contributed by atoms with Crippen LogP contribution in [0.1, 0.15) is 5.69 Å². The standard InChI is InChI=1S/C15H16N4O/c1-18-12(6-8-17-18)7-9-19-14(16)10-11-4-2-3-5-13(11)15(19)20/h2-6,8,10H,7,9,16H2,1H3. The average Bonchev–Trinajstić information content (AvgIpc) is 2.84. The number of nitrogens with zero attached hydrogens (tertiary/aromatic N) is 3. The Balaban J connectivity index is 1.99. The van der Waals surface area contributed by atoms with Crippen LogP contribution in [0.5, 0.6) is 0 Å². The van der Waals surface area contributed by atoms with Gasteiger partial charge in [-0.05, 0) is 23.6 Å². The monoisotopic (exact) mass is 268 g/mol. The highest BCUT2D eigenvalue weighted by atomic mass is 16.1. The Bertz CT molecular complexity index is 816. The minimum Gasteiger partial charge on any atom is -0.385 e. The van der Waals surface area contributed by atoms with Crippen LogP contribution in [-0.4, -0.2) is 14.3 Å². The van der Waals surface area contributed by atoms with E-state index in [2.05, 4.69) is 5.10 Å². The Morgan fingerprint density at radius 3 is 2.80 bits per heavy atom. The van der Waals surface area contributed by atoms with Crippen molar-refractivity contribution in [1.82, 2.24) is 14.3 Å². The summed E-state index contributed by atoms with van der Waals surface area (Å²) in [5.74, 6) is 0.496. The van der Waals surface area contributed by atoms with Crippen molar-refractivity contribution in [3.8, 4) is 0 Å². The number of aromatic nitrogens is 3. The summed E-state index contributed by atoms with van der Waals surface area (Å²) in [6.07, 6.45) is 2.47. The lowest BCUT2D eigenvalue weighted by molar-refractivity contribution is 0.631. The van der Waals surface area contributed by atoms with Crippen LogP contribution >= 0.6 is 0 Å². The summed E-state index contributed by atoms with van der Waals surface area (Å²) in [5, 5.41) is 5.70. The average molecular weight is 268 g/mol. The van der Waals surface area contributed by atoms with Crippen molar-refractivity contribution in [2.45, 2.75) is 13.0 Å². The van der Waals surface area contributed by atoms with E-state index in [1.54, 1.807) is 10.8 Å². The number of anilines is 1. The molecule has 0 spiro atoms. The maximum Gasteiger partial charge on any atom is 0.259 e. The van der Waals surface area contributed by atoms with E-state index in [9.17, 15) is 4.79 Å². The molecule has 0 unspecified atom stereocenters. The Morgan fingerprint density at radius 1 is 1.25 bits per heavy atom. The van der Waals surface area contributed by atoms with Gasteiger partial charge in [0.2, 0.25) is 0 Å². The summed E-state index contributed by atoms with van der Waals surface area (Å²) in [5.41, 5.74) is 7.04. The van der Waals surface area contributed by atoms with E-state index in [1.165, 1.54) is 0 Å². The van der Waals surface area contributed by atoms with Gasteiger partial charge >= 0.3 is 0 Å². The summed E-state index contributed by atoms with van der Waals surface area (Å²) in [4.78, 5) is 12.5. The van der Waals surface area contributed by atoms with Crippen molar-refractivity contribution in [1.29, 1.82) is 0 Å². The fourth-order valence-corrected chi connectivity index (χ4v) is 2.42. The van der Waals surface area contributed by atoms with Crippen LogP contribution in [0.3, 0.4) is 0 Å². The molecule has 3 aromatic rings. The Labute approximate surface area is 116 Å². The fourth-order valence-electron chi connectivity index (χ4n) is 2.42. The van der Waals surface area contributed by atoms with E-state index in [-0.39, 0.29) is 5.56 Å². The molecule has 1 aromatic carbocycles. The zero-order valence-corrected chi connectivity index (χ0v) is 11.3. The summed E-state index contributed by atoms with van der Waals surface area (Å²) >= 11 is 0. The Hall–Kier alpha value is -2.56. The molecular formula is C15H16N4O. The van der Waals surface area contributed by atoms with Crippen molar-refractivity contribution in [2.24, 2.45) is 7.05 Å². The largest absolute Gasteiger partial charge is 0.385 e. The summed E-state index contributed by atoms with van der Waals surface area (Å²) < 4.78 is 3.43. The number of pyridine rings is 1. The highest BCUT2D eigenvalue weighted by Gasteiger charge is 2.07. The Kier molecular flexibility index (Phi) is 3.02. The normalized spacial score (nSPS) is 11.1. The molecule has 0 aliphatic carbocycles. The Morgan fingerprint density at radius 2 is 2.05 bits per heavy atom. The number of rotatable bonds is 3. The van der Waals surface area contributed by atoms with Gasteiger partial charge in [0, 0.05) is 37.3 Å². The highest BCUT2D eigenvalue weighted by Crippen LogP contribution is 2.13. The van der Waals surface area contributed by atoms with Gasteiger partial charge in [0.15, 0.2) is 0 Å². The van der Waals surface area contributed by atoms with Gasteiger partial charge in [-0.25, -0.2) is 0 Å². The SMILES string of the molecule is Cn1nccc1CCn1c(N)cc2ccccc2c1=O. The number of nitrogen functional groups attached to an aromatic ring is 1. The van der Waals surface area contributed by atoms with E-state index >= 15 is 0 Å². The minimum atomic E-state index is -0.0391. The van der Waals surface area contributed by atoms with E-state index in [0.29, 0.717) is 17.7 Å². The zero-order valence-electron chi connectivity index (χ0n) is 11.3. The third-order valence-electron chi connectivity index (χ3n) is 3.57. The number of fused-ring (bicyclic) bond motifs is 1. The second kappa shape index (κ2) is 4.85. The smallest absolute Gasteiger partial charge is 0.259 e. The maximum absolute atomic E-state index is 12.5. The van der Waals surface area contributed by atoms with Crippen LogP contribution < -0.4 is 11.3 Å². The predicted octanol–water partition coefficient (Wildman–Crippen LogP) is 1.56. The first-order chi connectivity index (χ1) is 9.66. The van der Waals surface area contributed by atoms with Crippen molar-refractivity contribution in [3.63, 3.8) is 0 Å². The summed E-state index contributed by atoms with van der Waals surface area (Å²) in [6, 6.07) is 11.3. The van der Waals surface area contributed by atoms with Crippen LogP contribution in [0.2, 0.25) is 0 Å². The molecule has 0 aliphatic rings. The number of nitrogens with two attached hydrogens (primary N) is 1. The van der Waals surface area contributed by atoms with Crippen LogP contribution in [0.4, 0.5) is 5.82 Å². The van der Waals surface area contributed by atoms with E-state index in [0.717, 1.165) is 17.5 Å². The van der Waals surface area contributed by atoms with Gasteiger partial charge < -0.3 is 5.73 Å². The number of hydrogen-bond acceptors (Lipinski definition) is 3. The molecule has 0 fully saturated rings. The number of hydrogen-bond donors (Lipinski definition) is 1. The first kappa shape index (κ1) is 12.5. The van der Waals surface area contributed by atoms with E-state index in [4.69, 9.17) is 5.73 Å². The van der Waals surface area contributed by atoms with Gasteiger partial charge in [-0.3, -0.25) is 14.0 Å². The van der Waals surface area contributed by atoms with Gasteiger partial charge in [0.25, 0.3) is 5.56 Å². The fraction of sp³-hybridized carbons (Fsp3) is 0.200. The molecule has 0 saturated heterocycles. The molecule has 2 heterocycles. The molecule has 0 bridgehead atoms. The van der Waals surface area contributed by atoms with Crippen LogP contribution in [0.15, 0.2) is 47.4 Å². The van der Waals surface area contributed by atoms with Gasteiger partial charge in [-0.15, -0.1) is 0 Å². The predicted molar refractivity (Wildman–Crippen MR) is 79.5 cm³/mol. The molecule has 0 saturated carbocycles. The van der Waals surface area contributed by atoms with Gasteiger partial charge in [0.1, 0.15) is 5.82 Å². The van der Waals surface area contributed by atoms with E-state index in [1.807, 2.05) is 48.1 Å². The van der Waals surface area contributed by atoms with Crippen molar-refractivity contribution in [3.05, 3.63) is 58.6 Å². The van der Waals surface area contributed by atoms with Crippen molar-refractivity contribution >= 4 is 16.6 Å². The molecule has 2 aromatic heterocycles. The quantitative estimate of drug-likeness (QED) is 0.784. The highest BCUT2D eigenvalue weighted by molar-refractivity contribution is 5.83. The lowest BCUT2D eigenvalue weighted by Crippen LogP contribution is -2.24. The first-order valence-electron chi connectivity index (χ1n) is 6.52. The second-order valence-electron chi connectivity index (χ2n) is 4.81. The molecule has 2 N–H and O–H groups in total. The minimum absolute atomic E-state index is 0.0391. The molecule has 0 amide bonds. The number of aryl methyl sites for hydroxylation is 2. The van der Waals surface area contributed by atoms with Crippen molar-refractivity contribution in [2.75, 3.05) is 5.73 Å².